The lowest BCUT2D eigenvalue weighted by Crippen LogP contribution is -2.26. The van der Waals surface area contributed by atoms with Gasteiger partial charge in [0.1, 0.15) is 11.9 Å². The molecule has 1 N–H and O–H groups in total. The van der Waals surface area contributed by atoms with Crippen LogP contribution in [-0.4, -0.2) is 18.0 Å². The van der Waals surface area contributed by atoms with Crippen molar-refractivity contribution in [2.24, 2.45) is 0 Å². The fourth-order valence-electron chi connectivity index (χ4n) is 2.13. The molecule has 0 spiro atoms. The maximum absolute atomic E-state index is 11.9. The number of hydrogen-bond acceptors (Lipinski definition) is 4. The van der Waals surface area contributed by atoms with Crippen molar-refractivity contribution in [3.63, 3.8) is 0 Å². The molecule has 1 heterocycles. The molecule has 0 saturated heterocycles. The number of nitrogens with one attached hydrogen (secondary N) is 1. The van der Waals surface area contributed by atoms with Gasteiger partial charge in [-0.1, -0.05) is 30.3 Å². The molecule has 1 aromatic carbocycles. The molecule has 23 heavy (non-hydrogen) atoms. The lowest BCUT2D eigenvalue weighted by atomic mass is 10.0. The van der Waals surface area contributed by atoms with Crippen LogP contribution in [0.5, 0.6) is 0 Å². The standard InChI is InChI=1S/C18H21NO3S/c1-18(2,3)22-17(21)19-16-12-14(13-8-5-4-6-9-13)15(23-16)10-7-11-20/h4-6,8-9,11-12H,7,10H2,1-3H3,(H,19,21). The van der Waals surface area contributed by atoms with Gasteiger partial charge in [-0.25, -0.2) is 4.79 Å². The van der Waals surface area contributed by atoms with Crippen molar-refractivity contribution in [1.29, 1.82) is 0 Å². The van der Waals surface area contributed by atoms with Crippen LogP contribution in [0.15, 0.2) is 36.4 Å². The highest BCUT2D eigenvalue weighted by atomic mass is 32.1. The number of amides is 1. The normalized spacial score (nSPS) is 11.1. The second-order valence-corrected chi connectivity index (χ2v) is 7.28. The van der Waals surface area contributed by atoms with Gasteiger partial charge in [-0.15, -0.1) is 11.3 Å². The van der Waals surface area contributed by atoms with Crippen LogP contribution in [0.2, 0.25) is 0 Å². The third-order valence-electron chi connectivity index (χ3n) is 3.01. The van der Waals surface area contributed by atoms with E-state index in [1.54, 1.807) is 0 Å². The minimum atomic E-state index is -0.538. The zero-order valence-electron chi connectivity index (χ0n) is 13.6. The quantitative estimate of drug-likeness (QED) is 0.793. The van der Waals surface area contributed by atoms with Gasteiger partial charge in [0.05, 0.1) is 5.00 Å². The van der Waals surface area contributed by atoms with Crippen molar-refractivity contribution >= 4 is 28.7 Å². The second kappa shape index (κ2) is 7.42. The summed E-state index contributed by atoms with van der Waals surface area (Å²) in [7, 11) is 0. The molecule has 5 heteroatoms. The van der Waals surface area contributed by atoms with Crippen LogP contribution in [0.1, 0.15) is 32.1 Å². The molecule has 0 saturated carbocycles. The van der Waals surface area contributed by atoms with Gasteiger partial charge in [-0.2, -0.15) is 0 Å². The molecular formula is C18H21NO3S. The summed E-state index contributed by atoms with van der Waals surface area (Å²) in [6.45, 7) is 5.48. The van der Waals surface area contributed by atoms with Crippen molar-refractivity contribution in [3.8, 4) is 11.1 Å². The van der Waals surface area contributed by atoms with Gasteiger partial charge < -0.3 is 9.53 Å². The van der Waals surface area contributed by atoms with Gasteiger partial charge >= 0.3 is 6.09 Å². The van der Waals surface area contributed by atoms with Crippen molar-refractivity contribution in [3.05, 3.63) is 41.3 Å². The molecular weight excluding hydrogens is 310 g/mol. The van der Waals surface area contributed by atoms with Crippen LogP contribution < -0.4 is 5.32 Å². The number of aldehydes is 1. The van der Waals surface area contributed by atoms with Crippen LogP contribution in [0.3, 0.4) is 0 Å². The average Bonchev–Trinajstić information content (AvgIpc) is 2.86. The number of benzene rings is 1. The van der Waals surface area contributed by atoms with E-state index >= 15 is 0 Å². The van der Waals surface area contributed by atoms with Crippen molar-refractivity contribution in [1.82, 2.24) is 0 Å². The first kappa shape index (κ1) is 17.2. The molecule has 0 aliphatic heterocycles. The van der Waals surface area contributed by atoms with Crippen LogP contribution in [0.25, 0.3) is 11.1 Å². The fourth-order valence-corrected chi connectivity index (χ4v) is 3.22. The molecule has 0 aliphatic rings. The summed E-state index contributed by atoms with van der Waals surface area (Å²) in [5.41, 5.74) is 1.58. The van der Waals surface area contributed by atoms with Crippen molar-refractivity contribution in [2.75, 3.05) is 5.32 Å². The maximum atomic E-state index is 11.9. The van der Waals surface area contributed by atoms with Gasteiger partial charge in [-0.05, 0) is 44.4 Å². The first-order valence-electron chi connectivity index (χ1n) is 7.51. The monoisotopic (exact) mass is 331 g/mol. The Bertz CT molecular complexity index is 671. The molecule has 2 aromatic rings. The fraction of sp³-hybridized carbons (Fsp3) is 0.333. The molecule has 122 valence electrons. The zero-order chi connectivity index (χ0) is 16.9. The van der Waals surface area contributed by atoms with Crippen molar-refractivity contribution in [2.45, 2.75) is 39.2 Å². The topological polar surface area (TPSA) is 55.4 Å². The maximum Gasteiger partial charge on any atom is 0.412 e. The van der Waals surface area contributed by atoms with Crippen molar-refractivity contribution < 1.29 is 14.3 Å². The molecule has 0 unspecified atom stereocenters. The Morgan fingerprint density at radius 1 is 1.26 bits per heavy atom. The summed E-state index contributed by atoms with van der Waals surface area (Å²) >= 11 is 1.48. The summed E-state index contributed by atoms with van der Waals surface area (Å²) in [5.74, 6) is 0. The third kappa shape index (κ3) is 5.21. The van der Waals surface area contributed by atoms with Gasteiger partial charge in [0.25, 0.3) is 0 Å². The Hall–Kier alpha value is -2.14. The van der Waals surface area contributed by atoms with E-state index in [0.29, 0.717) is 12.8 Å². The summed E-state index contributed by atoms with van der Waals surface area (Å²) in [5, 5.41) is 3.50. The Labute approximate surface area is 140 Å². The van der Waals surface area contributed by atoms with Crippen LogP contribution >= 0.6 is 11.3 Å². The summed E-state index contributed by atoms with van der Waals surface area (Å²) in [6, 6.07) is 11.9. The molecule has 1 amide bonds. The Balaban J connectivity index is 2.23. The summed E-state index contributed by atoms with van der Waals surface area (Å²) < 4.78 is 5.28. The van der Waals surface area contributed by atoms with E-state index in [1.165, 1.54) is 11.3 Å². The minimum Gasteiger partial charge on any atom is -0.444 e. The van der Waals surface area contributed by atoms with E-state index in [1.807, 2.05) is 57.2 Å². The average molecular weight is 331 g/mol. The number of thiophene rings is 1. The number of ether oxygens (including phenoxy) is 1. The number of rotatable bonds is 5. The number of aryl methyl sites for hydroxylation is 1. The van der Waals surface area contributed by atoms with Gasteiger partial charge in [0.2, 0.25) is 0 Å². The van der Waals surface area contributed by atoms with E-state index in [-0.39, 0.29) is 0 Å². The van der Waals surface area contributed by atoms with E-state index in [9.17, 15) is 9.59 Å². The largest absolute Gasteiger partial charge is 0.444 e. The van der Waals surface area contributed by atoms with Crippen LogP contribution in [-0.2, 0) is 16.0 Å². The highest BCUT2D eigenvalue weighted by Crippen LogP contribution is 2.35. The van der Waals surface area contributed by atoms with Gasteiger partial charge in [-0.3, -0.25) is 5.32 Å². The third-order valence-corrected chi connectivity index (χ3v) is 4.12. The molecule has 1 aromatic heterocycles. The summed E-state index contributed by atoms with van der Waals surface area (Å²) in [4.78, 5) is 23.7. The Kier molecular flexibility index (Phi) is 5.55. The number of anilines is 1. The molecule has 0 bridgehead atoms. The highest BCUT2D eigenvalue weighted by molar-refractivity contribution is 7.16. The zero-order valence-corrected chi connectivity index (χ0v) is 14.4. The number of hydrogen-bond donors (Lipinski definition) is 1. The van der Waals surface area contributed by atoms with Crippen LogP contribution in [0.4, 0.5) is 9.80 Å². The molecule has 0 aliphatic carbocycles. The van der Waals surface area contributed by atoms with E-state index in [0.717, 1.165) is 27.3 Å². The van der Waals surface area contributed by atoms with Gasteiger partial charge in [0.15, 0.2) is 0 Å². The Morgan fingerprint density at radius 3 is 2.57 bits per heavy atom. The van der Waals surface area contributed by atoms with E-state index < -0.39 is 11.7 Å². The molecule has 4 nitrogen and oxygen atoms in total. The first-order chi connectivity index (χ1) is 10.9. The minimum absolute atomic E-state index is 0.465. The Morgan fingerprint density at radius 2 is 1.96 bits per heavy atom. The number of carbonyl (C=O) groups excluding carboxylic acids is 2. The molecule has 0 atom stereocenters. The van der Waals surface area contributed by atoms with Crippen LogP contribution in [0, 0.1) is 0 Å². The lowest BCUT2D eigenvalue weighted by Gasteiger charge is -2.19. The number of carbonyl (C=O) groups is 2. The first-order valence-corrected chi connectivity index (χ1v) is 8.32. The van der Waals surface area contributed by atoms with Gasteiger partial charge in [0, 0.05) is 11.3 Å². The molecule has 0 fully saturated rings. The predicted molar refractivity (Wildman–Crippen MR) is 94.0 cm³/mol. The highest BCUT2D eigenvalue weighted by Gasteiger charge is 2.18. The summed E-state index contributed by atoms with van der Waals surface area (Å²) in [6.07, 6.45) is 1.57. The van der Waals surface area contributed by atoms with E-state index in [4.69, 9.17) is 4.74 Å². The smallest absolute Gasteiger partial charge is 0.412 e. The lowest BCUT2D eigenvalue weighted by molar-refractivity contribution is -0.107. The molecule has 0 radical (unpaired) electrons. The predicted octanol–water partition coefficient (Wildman–Crippen LogP) is 4.89. The second-order valence-electron chi connectivity index (χ2n) is 6.15. The SMILES string of the molecule is CC(C)(C)OC(=O)Nc1cc(-c2ccccc2)c(CCC=O)s1. The van der Waals surface area contributed by atoms with E-state index in [2.05, 4.69) is 5.32 Å². The molecule has 2 rings (SSSR count).